The molecule has 1 atom stereocenters. The number of nitrogens with one attached hydrogen (secondary N) is 2. The minimum Gasteiger partial charge on any atom is -0.356 e. The number of carbonyl (C=O) groups excluding carboxylic acids is 2. The molecule has 2 heterocycles. The molecular formula is C19H29ClN4O2. The Balaban J connectivity index is 0.00000243. The van der Waals surface area contributed by atoms with Crippen molar-refractivity contribution in [1.29, 1.82) is 0 Å². The standard InChI is InChI=1S/C19H28N4O2.ClH/c1-15-3-5-17(6-4-15)23-14-16(13-18(23)24)19(25)21-7-2-10-22-11-8-20-9-12-22;/h3-6,16,20H,2,7-14H2,1H3,(H,21,25);1H. The van der Waals surface area contributed by atoms with Crippen LogP contribution in [0.2, 0.25) is 0 Å². The lowest BCUT2D eigenvalue weighted by Crippen LogP contribution is -2.44. The first-order valence-electron chi connectivity index (χ1n) is 9.21. The van der Waals surface area contributed by atoms with Crippen LogP contribution in [-0.4, -0.2) is 62.5 Å². The normalized spacial score (nSPS) is 20.7. The Morgan fingerprint density at radius 1 is 1.23 bits per heavy atom. The predicted molar refractivity (Wildman–Crippen MR) is 106 cm³/mol. The fourth-order valence-electron chi connectivity index (χ4n) is 3.45. The van der Waals surface area contributed by atoms with E-state index in [1.807, 2.05) is 31.2 Å². The Morgan fingerprint density at radius 3 is 2.62 bits per heavy atom. The van der Waals surface area contributed by atoms with Crippen molar-refractivity contribution in [2.24, 2.45) is 5.92 Å². The molecule has 0 saturated carbocycles. The molecular weight excluding hydrogens is 352 g/mol. The van der Waals surface area contributed by atoms with Crippen LogP contribution in [0.3, 0.4) is 0 Å². The second-order valence-electron chi connectivity index (χ2n) is 6.98. The molecule has 2 aliphatic heterocycles. The molecule has 2 amide bonds. The number of hydrogen-bond donors (Lipinski definition) is 2. The number of nitrogens with zero attached hydrogens (tertiary/aromatic N) is 2. The van der Waals surface area contributed by atoms with Crippen LogP contribution in [0.4, 0.5) is 5.69 Å². The molecule has 144 valence electrons. The summed E-state index contributed by atoms with van der Waals surface area (Å²) < 4.78 is 0. The van der Waals surface area contributed by atoms with Gasteiger partial charge in [-0.15, -0.1) is 12.4 Å². The van der Waals surface area contributed by atoms with E-state index in [1.165, 1.54) is 0 Å². The number of piperazine rings is 1. The zero-order valence-electron chi connectivity index (χ0n) is 15.4. The minimum absolute atomic E-state index is 0. The van der Waals surface area contributed by atoms with E-state index in [0.29, 0.717) is 19.5 Å². The molecule has 2 aliphatic rings. The number of benzene rings is 1. The van der Waals surface area contributed by atoms with E-state index in [-0.39, 0.29) is 30.1 Å². The number of carbonyl (C=O) groups is 2. The van der Waals surface area contributed by atoms with E-state index in [4.69, 9.17) is 0 Å². The molecule has 2 saturated heterocycles. The van der Waals surface area contributed by atoms with Gasteiger partial charge >= 0.3 is 0 Å². The highest BCUT2D eigenvalue weighted by Gasteiger charge is 2.34. The van der Waals surface area contributed by atoms with Crippen molar-refractivity contribution in [3.63, 3.8) is 0 Å². The summed E-state index contributed by atoms with van der Waals surface area (Å²) in [6.45, 7) is 8.45. The molecule has 3 rings (SSSR count). The molecule has 1 unspecified atom stereocenters. The molecule has 0 radical (unpaired) electrons. The van der Waals surface area contributed by atoms with E-state index >= 15 is 0 Å². The zero-order chi connectivity index (χ0) is 17.6. The van der Waals surface area contributed by atoms with Gasteiger partial charge in [0.1, 0.15) is 0 Å². The fourth-order valence-corrected chi connectivity index (χ4v) is 3.45. The van der Waals surface area contributed by atoms with Crippen molar-refractivity contribution in [3.8, 4) is 0 Å². The lowest BCUT2D eigenvalue weighted by Gasteiger charge is -2.27. The van der Waals surface area contributed by atoms with Gasteiger partial charge in [0, 0.05) is 51.4 Å². The largest absolute Gasteiger partial charge is 0.356 e. The molecule has 2 N–H and O–H groups in total. The topological polar surface area (TPSA) is 64.7 Å². The van der Waals surface area contributed by atoms with Gasteiger partial charge in [0.2, 0.25) is 11.8 Å². The van der Waals surface area contributed by atoms with Crippen LogP contribution in [0.25, 0.3) is 0 Å². The summed E-state index contributed by atoms with van der Waals surface area (Å²) in [4.78, 5) is 28.7. The number of rotatable bonds is 6. The van der Waals surface area contributed by atoms with E-state index < -0.39 is 0 Å². The van der Waals surface area contributed by atoms with Crippen LogP contribution in [0.5, 0.6) is 0 Å². The van der Waals surface area contributed by atoms with Crippen LogP contribution >= 0.6 is 12.4 Å². The number of anilines is 1. The highest BCUT2D eigenvalue weighted by atomic mass is 35.5. The Hall–Kier alpha value is -1.63. The second kappa shape index (κ2) is 9.90. The molecule has 0 spiro atoms. The van der Waals surface area contributed by atoms with Crippen molar-refractivity contribution in [3.05, 3.63) is 29.8 Å². The van der Waals surface area contributed by atoms with Crippen molar-refractivity contribution >= 4 is 29.9 Å². The van der Waals surface area contributed by atoms with Crippen molar-refractivity contribution in [1.82, 2.24) is 15.5 Å². The summed E-state index contributed by atoms with van der Waals surface area (Å²) in [6.07, 6.45) is 1.26. The minimum atomic E-state index is -0.243. The molecule has 1 aromatic rings. The summed E-state index contributed by atoms with van der Waals surface area (Å²) in [5.41, 5.74) is 2.04. The molecule has 6 nitrogen and oxygen atoms in total. The molecule has 0 bridgehead atoms. The smallest absolute Gasteiger partial charge is 0.227 e. The van der Waals surface area contributed by atoms with Crippen LogP contribution in [-0.2, 0) is 9.59 Å². The molecule has 1 aromatic carbocycles. The summed E-state index contributed by atoms with van der Waals surface area (Å²) in [6, 6.07) is 7.88. The first-order chi connectivity index (χ1) is 12.1. The molecule has 2 fully saturated rings. The van der Waals surface area contributed by atoms with Gasteiger partial charge in [0.25, 0.3) is 0 Å². The zero-order valence-corrected chi connectivity index (χ0v) is 16.2. The first-order valence-corrected chi connectivity index (χ1v) is 9.21. The quantitative estimate of drug-likeness (QED) is 0.727. The van der Waals surface area contributed by atoms with Crippen LogP contribution in [0, 0.1) is 12.8 Å². The lowest BCUT2D eigenvalue weighted by molar-refractivity contribution is -0.126. The Kier molecular flexibility index (Phi) is 7.87. The summed E-state index contributed by atoms with van der Waals surface area (Å²) in [7, 11) is 0. The fraction of sp³-hybridized carbons (Fsp3) is 0.579. The van der Waals surface area contributed by atoms with Crippen molar-refractivity contribution in [2.45, 2.75) is 19.8 Å². The van der Waals surface area contributed by atoms with E-state index in [9.17, 15) is 9.59 Å². The van der Waals surface area contributed by atoms with E-state index in [0.717, 1.165) is 50.4 Å². The second-order valence-corrected chi connectivity index (χ2v) is 6.98. The average Bonchev–Trinajstić information content (AvgIpc) is 3.02. The van der Waals surface area contributed by atoms with Gasteiger partial charge in [-0.1, -0.05) is 17.7 Å². The molecule has 26 heavy (non-hydrogen) atoms. The van der Waals surface area contributed by atoms with Crippen molar-refractivity contribution < 1.29 is 9.59 Å². The summed E-state index contributed by atoms with van der Waals surface area (Å²) in [5, 5.41) is 6.34. The number of amides is 2. The summed E-state index contributed by atoms with van der Waals surface area (Å²) >= 11 is 0. The predicted octanol–water partition coefficient (Wildman–Crippen LogP) is 1.18. The van der Waals surface area contributed by atoms with Crippen LogP contribution in [0.15, 0.2) is 24.3 Å². The Labute approximate surface area is 161 Å². The average molecular weight is 381 g/mol. The number of halogens is 1. The summed E-state index contributed by atoms with van der Waals surface area (Å²) in [5.74, 6) is -0.207. The number of aryl methyl sites for hydroxylation is 1. The van der Waals surface area contributed by atoms with Gasteiger partial charge in [0.15, 0.2) is 0 Å². The molecule has 0 aromatic heterocycles. The van der Waals surface area contributed by atoms with E-state index in [1.54, 1.807) is 4.90 Å². The lowest BCUT2D eigenvalue weighted by atomic mass is 10.1. The van der Waals surface area contributed by atoms with Gasteiger partial charge in [0.05, 0.1) is 5.92 Å². The first kappa shape index (κ1) is 20.7. The maximum atomic E-state index is 12.4. The van der Waals surface area contributed by atoms with Crippen LogP contribution in [0.1, 0.15) is 18.4 Å². The van der Waals surface area contributed by atoms with Gasteiger partial charge in [-0.25, -0.2) is 0 Å². The SMILES string of the molecule is Cc1ccc(N2CC(C(=O)NCCCN3CCNCC3)CC2=O)cc1.Cl. The van der Waals surface area contributed by atoms with E-state index in [2.05, 4.69) is 15.5 Å². The van der Waals surface area contributed by atoms with Gasteiger partial charge in [-0.05, 0) is 32.0 Å². The highest BCUT2D eigenvalue weighted by Crippen LogP contribution is 2.25. The maximum absolute atomic E-state index is 12.4. The molecule has 0 aliphatic carbocycles. The number of hydrogen-bond acceptors (Lipinski definition) is 4. The third kappa shape index (κ3) is 5.43. The van der Waals surface area contributed by atoms with Crippen molar-refractivity contribution in [2.75, 3.05) is 50.7 Å². The third-order valence-electron chi connectivity index (χ3n) is 5.00. The Morgan fingerprint density at radius 2 is 1.92 bits per heavy atom. The van der Waals surface area contributed by atoms with Gasteiger partial charge in [-0.2, -0.15) is 0 Å². The van der Waals surface area contributed by atoms with Gasteiger partial charge in [-0.3, -0.25) is 9.59 Å². The van der Waals surface area contributed by atoms with Gasteiger partial charge < -0.3 is 20.4 Å². The Bertz CT molecular complexity index is 602. The monoisotopic (exact) mass is 380 g/mol. The maximum Gasteiger partial charge on any atom is 0.227 e. The molecule has 7 heteroatoms. The van der Waals surface area contributed by atoms with Crippen LogP contribution < -0.4 is 15.5 Å². The third-order valence-corrected chi connectivity index (χ3v) is 5.00. The highest BCUT2D eigenvalue weighted by molar-refractivity contribution is 6.00.